The van der Waals surface area contributed by atoms with Gasteiger partial charge in [-0.3, -0.25) is 9.78 Å². The van der Waals surface area contributed by atoms with E-state index in [9.17, 15) is 9.18 Å². The molecule has 18 heavy (non-hydrogen) atoms. The van der Waals surface area contributed by atoms with Gasteiger partial charge < -0.3 is 0 Å². The van der Waals surface area contributed by atoms with Gasteiger partial charge in [-0.1, -0.05) is 29.3 Å². The second-order valence-corrected chi connectivity index (χ2v) is 4.54. The van der Waals surface area contributed by atoms with E-state index < -0.39 is 5.82 Å². The van der Waals surface area contributed by atoms with Gasteiger partial charge in [0.05, 0.1) is 6.20 Å². The van der Waals surface area contributed by atoms with Gasteiger partial charge in [0, 0.05) is 16.5 Å². The van der Waals surface area contributed by atoms with Crippen LogP contribution in [0.1, 0.15) is 16.1 Å². The molecule has 0 N–H and O–H groups in total. The summed E-state index contributed by atoms with van der Waals surface area (Å²) in [7, 11) is 0. The lowest BCUT2D eigenvalue weighted by molar-refractivity contribution is 0.0988. The Hall–Kier alpha value is -1.45. The van der Waals surface area contributed by atoms with E-state index in [1.54, 1.807) is 18.2 Å². The molecule has 0 aliphatic rings. The highest BCUT2D eigenvalue weighted by Gasteiger charge is 2.11. The molecule has 2 rings (SSSR count). The first-order valence-corrected chi connectivity index (χ1v) is 5.90. The summed E-state index contributed by atoms with van der Waals surface area (Å²) in [4.78, 5) is 15.6. The third-order valence-corrected chi connectivity index (χ3v) is 2.97. The molecule has 0 atom stereocenters. The Morgan fingerprint density at radius 2 is 2.00 bits per heavy atom. The zero-order valence-corrected chi connectivity index (χ0v) is 10.7. The van der Waals surface area contributed by atoms with Gasteiger partial charge in [0.15, 0.2) is 5.78 Å². The van der Waals surface area contributed by atoms with Crippen molar-refractivity contribution in [3.63, 3.8) is 0 Å². The zero-order chi connectivity index (χ0) is 13.1. The molecule has 0 fully saturated rings. The summed E-state index contributed by atoms with van der Waals surface area (Å²) in [6.45, 7) is 0. The van der Waals surface area contributed by atoms with E-state index in [1.807, 2.05) is 0 Å². The molecule has 0 amide bonds. The molecule has 0 bridgehead atoms. The first-order valence-electron chi connectivity index (χ1n) is 5.15. The second-order valence-electron chi connectivity index (χ2n) is 3.70. The van der Waals surface area contributed by atoms with Crippen LogP contribution in [-0.4, -0.2) is 10.8 Å². The number of ketones is 1. The van der Waals surface area contributed by atoms with Crippen LogP contribution in [0, 0.1) is 5.82 Å². The van der Waals surface area contributed by atoms with Gasteiger partial charge in [-0.2, -0.15) is 0 Å². The molecular weight excluding hydrogens is 276 g/mol. The standard InChI is InChI=1S/C13H8Cl2FNO/c14-9-2-1-8(11(15)6-9)5-13(18)12-4-3-10(16)7-17-12/h1-4,6-7H,5H2. The minimum absolute atomic E-state index is 0.106. The van der Waals surface area contributed by atoms with Crippen molar-refractivity contribution in [3.05, 3.63) is 63.6 Å². The molecule has 0 saturated carbocycles. The van der Waals surface area contributed by atoms with Gasteiger partial charge in [0.1, 0.15) is 11.5 Å². The molecular formula is C13H8Cl2FNO. The number of pyridine rings is 1. The van der Waals surface area contributed by atoms with Crippen LogP contribution in [0.25, 0.3) is 0 Å². The van der Waals surface area contributed by atoms with Crippen LogP contribution < -0.4 is 0 Å². The summed E-state index contributed by atoms with van der Waals surface area (Å²) < 4.78 is 12.7. The Bertz CT molecular complexity index is 584. The summed E-state index contributed by atoms with van der Waals surface area (Å²) in [6.07, 6.45) is 1.12. The third-order valence-electron chi connectivity index (χ3n) is 2.38. The van der Waals surface area contributed by atoms with Crippen molar-refractivity contribution in [1.82, 2.24) is 4.98 Å². The zero-order valence-electron chi connectivity index (χ0n) is 9.16. The Morgan fingerprint density at radius 1 is 1.22 bits per heavy atom. The summed E-state index contributed by atoms with van der Waals surface area (Å²) >= 11 is 11.7. The molecule has 0 saturated heterocycles. The van der Waals surface area contributed by atoms with Crippen molar-refractivity contribution in [2.24, 2.45) is 0 Å². The highest BCUT2D eigenvalue weighted by Crippen LogP contribution is 2.22. The van der Waals surface area contributed by atoms with Gasteiger partial charge in [0.2, 0.25) is 0 Å². The smallest absolute Gasteiger partial charge is 0.185 e. The van der Waals surface area contributed by atoms with Crippen molar-refractivity contribution in [3.8, 4) is 0 Å². The van der Waals surface area contributed by atoms with E-state index in [1.165, 1.54) is 12.1 Å². The highest BCUT2D eigenvalue weighted by atomic mass is 35.5. The Labute approximate surface area is 113 Å². The number of nitrogens with zero attached hydrogens (tertiary/aromatic N) is 1. The first-order chi connectivity index (χ1) is 8.56. The van der Waals surface area contributed by atoms with Crippen LogP contribution in [-0.2, 0) is 6.42 Å². The summed E-state index contributed by atoms with van der Waals surface area (Å²) in [6, 6.07) is 7.47. The average molecular weight is 284 g/mol. The summed E-state index contributed by atoms with van der Waals surface area (Å²) in [5.41, 5.74) is 0.875. The predicted molar refractivity (Wildman–Crippen MR) is 68.7 cm³/mol. The normalized spacial score (nSPS) is 10.4. The quantitative estimate of drug-likeness (QED) is 0.799. The van der Waals surface area contributed by atoms with E-state index >= 15 is 0 Å². The molecule has 2 nitrogen and oxygen atoms in total. The van der Waals surface area contributed by atoms with Crippen molar-refractivity contribution >= 4 is 29.0 Å². The maximum atomic E-state index is 12.7. The van der Waals surface area contributed by atoms with Crippen LogP contribution in [0.2, 0.25) is 10.0 Å². The molecule has 1 aromatic heterocycles. The second kappa shape index (κ2) is 5.46. The number of hydrogen-bond acceptors (Lipinski definition) is 2. The average Bonchev–Trinajstić information content (AvgIpc) is 2.33. The lowest BCUT2D eigenvalue weighted by atomic mass is 10.1. The minimum atomic E-state index is -0.476. The summed E-state index contributed by atoms with van der Waals surface area (Å²) in [5.74, 6) is -0.699. The van der Waals surface area contributed by atoms with Crippen LogP contribution in [0.4, 0.5) is 4.39 Å². The number of carbonyl (C=O) groups excluding carboxylic acids is 1. The number of benzene rings is 1. The number of carbonyl (C=O) groups is 1. The Morgan fingerprint density at radius 3 is 2.61 bits per heavy atom. The van der Waals surface area contributed by atoms with Gasteiger partial charge >= 0.3 is 0 Å². The Kier molecular flexibility index (Phi) is 3.94. The predicted octanol–water partition coefficient (Wildman–Crippen LogP) is 3.95. The molecule has 0 aliphatic heterocycles. The molecule has 0 unspecified atom stereocenters. The molecule has 1 aromatic carbocycles. The van der Waals surface area contributed by atoms with E-state index in [2.05, 4.69) is 4.98 Å². The number of hydrogen-bond donors (Lipinski definition) is 0. The van der Waals surface area contributed by atoms with Crippen molar-refractivity contribution in [2.45, 2.75) is 6.42 Å². The molecule has 1 heterocycles. The maximum absolute atomic E-state index is 12.7. The fourth-order valence-electron chi connectivity index (χ4n) is 1.47. The lowest BCUT2D eigenvalue weighted by Gasteiger charge is -2.04. The van der Waals surface area contributed by atoms with Gasteiger partial charge in [-0.15, -0.1) is 0 Å². The SMILES string of the molecule is O=C(Cc1ccc(Cl)cc1Cl)c1ccc(F)cn1. The van der Waals surface area contributed by atoms with Gasteiger partial charge in [0.25, 0.3) is 0 Å². The minimum Gasteiger partial charge on any atom is -0.292 e. The van der Waals surface area contributed by atoms with E-state index in [4.69, 9.17) is 23.2 Å². The fourth-order valence-corrected chi connectivity index (χ4v) is 1.94. The number of Topliss-reactive ketones (excluding diaryl/α,β-unsaturated/α-hetero) is 1. The van der Waals surface area contributed by atoms with Crippen molar-refractivity contribution in [2.75, 3.05) is 0 Å². The Balaban J connectivity index is 2.18. The fraction of sp³-hybridized carbons (Fsp3) is 0.0769. The van der Waals surface area contributed by atoms with Crippen molar-refractivity contribution < 1.29 is 9.18 Å². The monoisotopic (exact) mass is 283 g/mol. The number of halogens is 3. The molecule has 0 aliphatic carbocycles. The number of aromatic nitrogens is 1. The van der Waals surface area contributed by atoms with Crippen LogP contribution in [0.15, 0.2) is 36.5 Å². The molecule has 5 heteroatoms. The maximum Gasteiger partial charge on any atom is 0.185 e. The molecule has 0 radical (unpaired) electrons. The molecule has 92 valence electrons. The molecule has 0 spiro atoms. The first kappa shape index (κ1) is 13.0. The van der Waals surface area contributed by atoms with E-state index in [0.29, 0.717) is 15.6 Å². The molecule has 2 aromatic rings. The van der Waals surface area contributed by atoms with Gasteiger partial charge in [-0.05, 0) is 29.8 Å². The van der Waals surface area contributed by atoms with Gasteiger partial charge in [-0.25, -0.2) is 4.39 Å². The van der Waals surface area contributed by atoms with E-state index in [-0.39, 0.29) is 17.9 Å². The van der Waals surface area contributed by atoms with E-state index in [0.717, 1.165) is 6.20 Å². The van der Waals surface area contributed by atoms with Crippen molar-refractivity contribution in [1.29, 1.82) is 0 Å². The van der Waals surface area contributed by atoms with Crippen LogP contribution in [0.5, 0.6) is 0 Å². The largest absolute Gasteiger partial charge is 0.292 e. The third kappa shape index (κ3) is 3.06. The lowest BCUT2D eigenvalue weighted by Crippen LogP contribution is -2.06. The van der Waals surface area contributed by atoms with Crippen LogP contribution >= 0.6 is 23.2 Å². The summed E-state index contributed by atoms with van der Waals surface area (Å²) in [5, 5.41) is 0.939. The van der Waals surface area contributed by atoms with Crippen LogP contribution in [0.3, 0.4) is 0 Å². The highest BCUT2D eigenvalue weighted by molar-refractivity contribution is 6.35. The number of rotatable bonds is 3. The topological polar surface area (TPSA) is 30.0 Å².